The quantitative estimate of drug-likeness (QED) is 0.477. The summed E-state index contributed by atoms with van der Waals surface area (Å²) in [6.45, 7) is 4.70. The summed E-state index contributed by atoms with van der Waals surface area (Å²) >= 11 is 0. The second-order valence-corrected chi connectivity index (χ2v) is 5.36. The molecule has 0 aliphatic carbocycles. The predicted octanol–water partition coefficient (Wildman–Crippen LogP) is 2.99. The summed E-state index contributed by atoms with van der Waals surface area (Å²) in [6, 6.07) is 9.25. The summed E-state index contributed by atoms with van der Waals surface area (Å²) < 4.78 is 10.4. The molecule has 8 heteroatoms. The van der Waals surface area contributed by atoms with Gasteiger partial charge in [0.25, 0.3) is 5.91 Å². The SMILES string of the molecule is CC(C)COc1ccc(C(=O)N/N=C\c2ccc([N+](=O)[O-])o2)cc1. The summed E-state index contributed by atoms with van der Waals surface area (Å²) in [5, 5.41) is 14.2. The van der Waals surface area contributed by atoms with Gasteiger partial charge < -0.3 is 9.15 Å². The third-order valence-electron chi connectivity index (χ3n) is 2.85. The number of rotatable bonds is 7. The normalized spacial score (nSPS) is 11.0. The first-order valence-electron chi connectivity index (χ1n) is 7.26. The average molecular weight is 331 g/mol. The molecule has 1 aromatic carbocycles. The molecule has 0 unspecified atom stereocenters. The highest BCUT2D eigenvalue weighted by Crippen LogP contribution is 2.14. The van der Waals surface area contributed by atoms with Crippen LogP contribution in [-0.2, 0) is 0 Å². The van der Waals surface area contributed by atoms with Crippen LogP contribution in [0.3, 0.4) is 0 Å². The second-order valence-electron chi connectivity index (χ2n) is 5.36. The predicted molar refractivity (Wildman–Crippen MR) is 87.2 cm³/mol. The van der Waals surface area contributed by atoms with Crippen LogP contribution in [0.15, 0.2) is 45.9 Å². The van der Waals surface area contributed by atoms with E-state index < -0.39 is 10.8 Å². The highest BCUT2D eigenvalue weighted by molar-refractivity contribution is 5.94. The van der Waals surface area contributed by atoms with E-state index in [2.05, 4.69) is 10.5 Å². The molecular formula is C16H17N3O5. The van der Waals surface area contributed by atoms with E-state index in [1.807, 2.05) is 13.8 Å². The minimum atomic E-state index is -0.654. The van der Waals surface area contributed by atoms with Crippen molar-refractivity contribution >= 4 is 18.0 Å². The van der Waals surface area contributed by atoms with Gasteiger partial charge in [0.05, 0.1) is 18.9 Å². The third-order valence-corrected chi connectivity index (χ3v) is 2.85. The summed E-state index contributed by atoms with van der Waals surface area (Å²) in [5.41, 5.74) is 2.73. The maximum Gasteiger partial charge on any atom is 0.433 e. The van der Waals surface area contributed by atoms with Crippen LogP contribution in [0.1, 0.15) is 30.0 Å². The van der Waals surface area contributed by atoms with Gasteiger partial charge in [-0.2, -0.15) is 5.10 Å². The van der Waals surface area contributed by atoms with Gasteiger partial charge in [0, 0.05) is 5.56 Å². The molecule has 0 spiro atoms. The number of ether oxygens (including phenoxy) is 1. The van der Waals surface area contributed by atoms with E-state index in [9.17, 15) is 14.9 Å². The summed E-state index contributed by atoms with van der Waals surface area (Å²) in [7, 11) is 0. The Kier molecular flexibility index (Phi) is 5.67. The van der Waals surface area contributed by atoms with E-state index >= 15 is 0 Å². The number of amides is 1. The number of hydrogen-bond donors (Lipinski definition) is 1. The van der Waals surface area contributed by atoms with Crippen LogP contribution in [-0.4, -0.2) is 23.7 Å². The molecule has 0 fully saturated rings. The molecule has 8 nitrogen and oxygen atoms in total. The fourth-order valence-corrected chi connectivity index (χ4v) is 1.69. The average Bonchev–Trinajstić information content (AvgIpc) is 3.02. The lowest BCUT2D eigenvalue weighted by atomic mass is 10.2. The van der Waals surface area contributed by atoms with Gasteiger partial charge >= 0.3 is 5.88 Å². The molecule has 0 bridgehead atoms. The van der Waals surface area contributed by atoms with Gasteiger partial charge in [-0.3, -0.25) is 14.9 Å². The van der Waals surface area contributed by atoms with Crippen LogP contribution in [0, 0.1) is 16.0 Å². The largest absolute Gasteiger partial charge is 0.493 e. The zero-order chi connectivity index (χ0) is 17.5. The lowest BCUT2D eigenvalue weighted by Gasteiger charge is -2.08. The fourth-order valence-electron chi connectivity index (χ4n) is 1.69. The minimum Gasteiger partial charge on any atom is -0.493 e. The van der Waals surface area contributed by atoms with E-state index in [1.54, 1.807) is 24.3 Å². The van der Waals surface area contributed by atoms with E-state index in [1.165, 1.54) is 18.3 Å². The Balaban J connectivity index is 1.89. The lowest BCUT2D eigenvalue weighted by molar-refractivity contribution is -0.402. The second kappa shape index (κ2) is 7.91. The Bertz CT molecular complexity index is 734. The van der Waals surface area contributed by atoms with Crippen molar-refractivity contribution in [2.75, 3.05) is 6.61 Å². The Morgan fingerprint density at radius 2 is 2.04 bits per heavy atom. The first-order valence-corrected chi connectivity index (χ1v) is 7.26. The minimum absolute atomic E-state index is 0.166. The zero-order valence-corrected chi connectivity index (χ0v) is 13.3. The van der Waals surface area contributed by atoms with Crippen molar-refractivity contribution < 1.29 is 18.9 Å². The molecule has 2 aromatic rings. The number of furan rings is 1. The van der Waals surface area contributed by atoms with Crippen molar-refractivity contribution in [3.8, 4) is 5.75 Å². The number of benzene rings is 1. The molecule has 24 heavy (non-hydrogen) atoms. The van der Waals surface area contributed by atoms with E-state index in [4.69, 9.17) is 9.15 Å². The monoisotopic (exact) mass is 331 g/mol. The smallest absolute Gasteiger partial charge is 0.433 e. The van der Waals surface area contributed by atoms with Crippen molar-refractivity contribution in [3.05, 3.63) is 57.8 Å². The van der Waals surface area contributed by atoms with Crippen LogP contribution in [0.4, 0.5) is 5.88 Å². The zero-order valence-electron chi connectivity index (χ0n) is 13.3. The van der Waals surface area contributed by atoms with E-state index in [0.29, 0.717) is 23.8 Å². The Morgan fingerprint density at radius 3 is 2.62 bits per heavy atom. The van der Waals surface area contributed by atoms with Crippen molar-refractivity contribution in [3.63, 3.8) is 0 Å². The topological polar surface area (TPSA) is 107 Å². The van der Waals surface area contributed by atoms with Gasteiger partial charge in [0.2, 0.25) is 0 Å². The Labute approximate surface area is 138 Å². The molecule has 0 saturated heterocycles. The van der Waals surface area contributed by atoms with Crippen LogP contribution >= 0.6 is 0 Å². The summed E-state index contributed by atoms with van der Waals surface area (Å²) in [4.78, 5) is 21.7. The number of nitro groups is 1. The Morgan fingerprint density at radius 1 is 1.33 bits per heavy atom. The molecule has 1 amide bonds. The lowest BCUT2D eigenvalue weighted by Crippen LogP contribution is -2.17. The van der Waals surface area contributed by atoms with Crippen molar-refractivity contribution in [2.24, 2.45) is 11.0 Å². The molecule has 0 radical (unpaired) electrons. The highest BCUT2D eigenvalue weighted by atomic mass is 16.6. The van der Waals surface area contributed by atoms with Crippen LogP contribution < -0.4 is 10.2 Å². The van der Waals surface area contributed by atoms with Crippen molar-refractivity contribution in [1.29, 1.82) is 0 Å². The summed E-state index contributed by atoms with van der Waals surface area (Å²) in [6.07, 6.45) is 1.19. The van der Waals surface area contributed by atoms with Crippen LogP contribution in [0.25, 0.3) is 0 Å². The van der Waals surface area contributed by atoms with Gasteiger partial charge in [0.15, 0.2) is 5.76 Å². The number of carbonyl (C=O) groups is 1. The molecule has 1 N–H and O–H groups in total. The molecule has 0 atom stereocenters. The van der Waals surface area contributed by atoms with Gasteiger partial charge in [-0.15, -0.1) is 0 Å². The molecular weight excluding hydrogens is 314 g/mol. The van der Waals surface area contributed by atoms with Gasteiger partial charge in [0.1, 0.15) is 10.7 Å². The fraction of sp³-hybridized carbons (Fsp3) is 0.250. The molecule has 2 rings (SSSR count). The molecule has 0 aliphatic rings. The standard InChI is InChI=1S/C16H17N3O5/c1-11(2)10-23-13-5-3-12(4-6-13)16(20)18-17-9-14-7-8-15(24-14)19(21)22/h3-9,11H,10H2,1-2H3,(H,18,20)/b17-9-. The highest BCUT2D eigenvalue weighted by Gasteiger charge is 2.10. The molecule has 1 aromatic heterocycles. The van der Waals surface area contributed by atoms with Gasteiger partial charge in [-0.05, 0) is 36.2 Å². The maximum atomic E-state index is 11.9. The van der Waals surface area contributed by atoms with Gasteiger partial charge in [-0.25, -0.2) is 5.43 Å². The Hall–Kier alpha value is -3.16. The van der Waals surface area contributed by atoms with Crippen LogP contribution in [0.2, 0.25) is 0 Å². The number of nitrogens with one attached hydrogen (secondary N) is 1. The molecule has 0 saturated carbocycles. The first-order chi connectivity index (χ1) is 11.5. The maximum absolute atomic E-state index is 11.9. The number of hydrazone groups is 1. The number of carbonyl (C=O) groups excluding carboxylic acids is 1. The van der Waals surface area contributed by atoms with Crippen molar-refractivity contribution in [1.82, 2.24) is 5.43 Å². The number of nitrogens with zero attached hydrogens (tertiary/aromatic N) is 2. The van der Waals surface area contributed by atoms with E-state index in [-0.39, 0.29) is 11.6 Å². The summed E-state index contributed by atoms with van der Waals surface area (Å²) in [5.74, 6) is 0.466. The first kappa shape index (κ1) is 17.2. The van der Waals surface area contributed by atoms with E-state index in [0.717, 1.165) is 0 Å². The van der Waals surface area contributed by atoms with Crippen LogP contribution in [0.5, 0.6) is 5.75 Å². The molecule has 0 aliphatic heterocycles. The third kappa shape index (κ3) is 4.94. The molecule has 126 valence electrons. The molecule has 1 heterocycles. The van der Waals surface area contributed by atoms with Gasteiger partial charge in [-0.1, -0.05) is 13.8 Å². The number of hydrogen-bond acceptors (Lipinski definition) is 6. The van der Waals surface area contributed by atoms with Crippen molar-refractivity contribution in [2.45, 2.75) is 13.8 Å².